The Kier molecular flexibility index (Phi) is 6.05. The lowest BCUT2D eigenvalue weighted by atomic mass is 9.78. The van der Waals surface area contributed by atoms with E-state index in [2.05, 4.69) is 4.98 Å². The molecule has 1 aromatic heterocycles. The van der Waals surface area contributed by atoms with Crippen LogP contribution in [0.4, 0.5) is 0 Å². The molecular weight excluding hydrogens is 456 g/mol. The van der Waals surface area contributed by atoms with Gasteiger partial charge in [0.25, 0.3) is 10.0 Å². The molecule has 6 heteroatoms. The van der Waals surface area contributed by atoms with Gasteiger partial charge in [-0.05, 0) is 41.8 Å². The van der Waals surface area contributed by atoms with Gasteiger partial charge in [0.1, 0.15) is 0 Å². The van der Waals surface area contributed by atoms with Gasteiger partial charge in [-0.2, -0.15) is 0 Å². The maximum absolute atomic E-state index is 14.3. The fraction of sp³-hybridized carbons (Fsp3) is 0.103. The van der Waals surface area contributed by atoms with Crippen LogP contribution in [0.1, 0.15) is 34.1 Å². The van der Waals surface area contributed by atoms with Crippen LogP contribution in [0.15, 0.2) is 120 Å². The first-order valence-electron chi connectivity index (χ1n) is 11.3. The Hall–Kier alpha value is -4.03. The molecular formula is C29H24N2O3S. The van der Waals surface area contributed by atoms with Crippen LogP contribution >= 0.6 is 0 Å². The maximum atomic E-state index is 14.3. The molecule has 2 heterocycles. The standard InChI is InChI=1S/C29H24N2O3S/c1-21-14-16-25(17-15-21)35(33,34)31-27(22-9-4-2-5-10-22)19-26(24-13-8-18-30-20-24)28(29(31)32)23-11-6-3-7-12-23/h2-20,26,28H,1H3/t26-,28-/m1/s1. The Labute approximate surface area is 205 Å². The number of hydrogen-bond donors (Lipinski definition) is 0. The van der Waals surface area contributed by atoms with Crippen molar-refractivity contribution in [1.29, 1.82) is 0 Å². The van der Waals surface area contributed by atoms with Crippen molar-refractivity contribution < 1.29 is 13.2 Å². The molecule has 5 nitrogen and oxygen atoms in total. The second kappa shape index (κ2) is 9.31. The highest BCUT2D eigenvalue weighted by Gasteiger charge is 2.45. The first-order valence-corrected chi connectivity index (χ1v) is 12.8. The van der Waals surface area contributed by atoms with E-state index in [0.717, 1.165) is 21.0 Å². The van der Waals surface area contributed by atoms with Crippen LogP contribution in [-0.4, -0.2) is 23.6 Å². The van der Waals surface area contributed by atoms with Crippen molar-refractivity contribution in [2.45, 2.75) is 23.7 Å². The number of aromatic nitrogens is 1. The molecule has 0 aliphatic carbocycles. The minimum atomic E-state index is -4.17. The van der Waals surface area contributed by atoms with E-state index in [1.807, 2.05) is 85.8 Å². The fourth-order valence-corrected chi connectivity index (χ4v) is 5.96. The summed E-state index contributed by atoms with van der Waals surface area (Å²) in [7, 11) is -4.17. The number of sulfonamides is 1. The molecule has 0 unspecified atom stereocenters. The number of carbonyl (C=O) groups excluding carboxylic acids is 1. The zero-order chi connectivity index (χ0) is 24.4. The molecule has 35 heavy (non-hydrogen) atoms. The maximum Gasteiger partial charge on any atom is 0.270 e. The second-order valence-electron chi connectivity index (χ2n) is 8.54. The molecule has 1 aliphatic heterocycles. The summed E-state index contributed by atoms with van der Waals surface area (Å²) in [6.45, 7) is 1.89. The lowest BCUT2D eigenvalue weighted by Gasteiger charge is -2.37. The number of allylic oxidation sites excluding steroid dienone is 1. The highest BCUT2D eigenvalue weighted by molar-refractivity contribution is 7.90. The molecule has 1 aliphatic rings. The SMILES string of the molecule is Cc1ccc(S(=O)(=O)N2C(=O)[C@H](c3ccccc3)[C@@H](c3cccnc3)C=C2c2ccccc2)cc1. The molecule has 174 valence electrons. The molecule has 0 bridgehead atoms. The van der Waals surface area contributed by atoms with Gasteiger partial charge < -0.3 is 0 Å². The van der Waals surface area contributed by atoms with E-state index < -0.39 is 27.8 Å². The third-order valence-corrected chi connectivity index (χ3v) is 7.96. The summed E-state index contributed by atoms with van der Waals surface area (Å²) in [6, 6.07) is 28.8. The molecule has 4 aromatic rings. The highest BCUT2D eigenvalue weighted by Crippen LogP contribution is 2.45. The third-order valence-electron chi connectivity index (χ3n) is 6.24. The Morgan fingerprint density at radius 3 is 2.03 bits per heavy atom. The summed E-state index contributed by atoms with van der Waals surface area (Å²) in [4.78, 5) is 18.6. The van der Waals surface area contributed by atoms with Crippen LogP contribution in [0.3, 0.4) is 0 Å². The molecule has 0 saturated heterocycles. The molecule has 0 N–H and O–H groups in total. The van der Waals surface area contributed by atoms with Crippen LogP contribution in [-0.2, 0) is 14.8 Å². The van der Waals surface area contributed by atoms with Gasteiger partial charge in [0.2, 0.25) is 5.91 Å². The average Bonchev–Trinajstić information content (AvgIpc) is 2.89. The monoisotopic (exact) mass is 480 g/mol. The summed E-state index contributed by atoms with van der Waals surface area (Å²) in [5.74, 6) is -1.61. The van der Waals surface area contributed by atoms with Crippen molar-refractivity contribution in [3.63, 3.8) is 0 Å². The van der Waals surface area contributed by atoms with Crippen molar-refractivity contribution in [2.24, 2.45) is 0 Å². The summed E-state index contributed by atoms with van der Waals surface area (Å²) < 4.78 is 28.9. The van der Waals surface area contributed by atoms with Gasteiger partial charge in [0, 0.05) is 18.3 Å². The second-order valence-corrected chi connectivity index (χ2v) is 10.3. The van der Waals surface area contributed by atoms with E-state index in [0.29, 0.717) is 11.3 Å². The molecule has 0 radical (unpaired) electrons. The summed E-state index contributed by atoms with van der Waals surface area (Å²) >= 11 is 0. The number of benzene rings is 3. The number of aryl methyl sites for hydroxylation is 1. The normalized spacial score (nSPS) is 18.3. The van der Waals surface area contributed by atoms with Crippen LogP contribution in [0, 0.1) is 6.92 Å². The largest absolute Gasteiger partial charge is 0.273 e. The van der Waals surface area contributed by atoms with Crippen LogP contribution in [0.25, 0.3) is 5.70 Å². The smallest absolute Gasteiger partial charge is 0.270 e. The van der Waals surface area contributed by atoms with Crippen molar-refractivity contribution in [2.75, 3.05) is 0 Å². The molecule has 0 saturated carbocycles. The summed E-state index contributed by atoms with van der Waals surface area (Å²) in [5.41, 5.74) is 3.52. The zero-order valence-corrected chi connectivity index (χ0v) is 20.0. The van der Waals surface area contributed by atoms with E-state index in [-0.39, 0.29) is 4.90 Å². The summed E-state index contributed by atoms with van der Waals surface area (Å²) in [5, 5.41) is 0. The van der Waals surface area contributed by atoms with Crippen molar-refractivity contribution in [1.82, 2.24) is 9.29 Å². The predicted octanol–water partition coefficient (Wildman–Crippen LogP) is 5.53. The Morgan fingerprint density at radius 1 is 0.771 bits per heavy atom. The van der Waals surface area contributed by atoms with Crippen LogP contribution in [0.5, 0.6) is 0 Å². The minimum absolute atomic E-state index is 0.0740. The van der Waals surface area contributed by atoms with Crippen LogP contribution in [0.2, 0.25) is 0 Å². The van der Waals surface area contributed by atoms with E-state index in [1.165, 1.54) is 0 Å². The Bertz CT molecular complexity index is 1470. The van der Waals surface area contributed by atoms with Crippen molar-refractivity contribution in [3.8, 4) is 0 Å². The number of carbonyl (C=O) groups is 1. The fourth-order valence-electron chi connectivity index (χ4n) is 4.49. The minimum Gasteiger partial charge on any atom is -0.273 e. The number of amides is 1. The number of hydrogen-bond acceptors (Lipinski definition) is 4. The van der Waals surface area contributed by atoms with E-state index in [9.17, 15) is 13.2 Å². The third kappa shape index (κ3) is 4.29. The molecule has 0 spiro atoms. The van der Waals surface area contributed by atoms with Gasteiger partial charge in [-0.15, -0.1) is 0 Å². The highest BCUT2D eigenvalue weighted by atomic mass is 32.2. The van der Waals surface area contributed by atoms with E-state index in [1.54, 1.807) is 36.7 Å². The molecule has 2 atom stereocenters. The van der Waals surface area contributed by atoms with Gasteiger partial charge in [-0.1, -0.05) is 90.5 Å². The van der Waals surface area contributed by atoms with Gasteiger partial charge in [-0.25, -0.2) is 12.7 Å². The average molecular weight is 481 g/mol. The van der Waals surface area contributed by atoms with E-state index in [4.69, 9.17) is 0 Å². The molecule has 5 rings (SSSR count). The number of pyridine rings is 1. The quantitative estimate of drug-likeness (QED) is 0.377. The first-order chi connectivity index (χ1) is 17.0. The first kappa shape index (κ1) is 22.7. The van der Waals surface area contributed by atoms with Gasteiger partial charge in [0.15, 0.2) is 0 Å². The lowest BCUT2D eigenvalue weighted by Crippen LogP contribution is -2.43. The van der Waals surface area contributed by atoms with Crippen molar-refractivity contribution >= 4 is 21.6 Å². The summed E-state index contributed by atoms with van der Waals surface area (Å²) in [6.07, 6.45) is 5.30. The molecule has 0 fully saturated rings. The number of nitrogens with zero attached hydrogens (tertiary/aromatic N) is 2. The van der Waals surface area contributed by atoms with E-state index >= 15 is 0 Å². The zero-order valence-electron chi connectivity index (χ0n) is 19.2. The topological polar surface area (TPSA) is 67.3 Å². The Balaban J connectivity index is 1.76. The number of rotatable bonds is 5. The Morgan fingerprint density at radius 2 is 1.40 bits per heavy atom. The van der Waals surface area contributed by atoms with Crippen molar-refractivity contribution in [3.05, 3.63) is 138 Å². The van der Waals surface area contributed by atoms with Gasteiger partial charge in [-0.3, -0.25) is 9.78 Å². The lowest BCUT2D eigenvalue weighted by molar-refractivity contribution is -0.126. The molecule has 1 amide bonds. The van der Waals surface area contributed by atoms with Crippen LogP contribution < -0.4 is 0 Å². The molecule has 3 aromatic carbocycles. The predicted molar refractivity (Wildman–Crippen MR) is 136 cm³/mol. The van der Waals surface area contributed by atoms with Gasteiger partial charge >= 0.3 is 0 Å². The van der Waals surface area contributed by atoms with Gasteiger partial charge in [0.05, 0.1) is 16.5 Å².